The summed E-state index contributed by atoms with van der Waals surface area (Å²) in [6, 6.07) is 13.6. The number of phenolic OH excluding ortho intramolecular Hbond substituents is 1. The van der Waals surface area contributed by atoms with Crippen molar-refractivity contribution in [2.45, 2.75) is 19.4 Å². The molecule has 0 saturated carbocycles. The van der Waals surface area contributed by atoms with E-state index in [0.717, 1.165) is 16.8 Å². The number of carbonyl (C=O) groups is 1. The fraction of sp³-hybridized carbons (Fsp3) is 0.188. The van der Waals surface area contributed by atoms with E-state index in [4.69, 9.17) is 5.73 Å². The number of hydrogen-bond acceptors (Lipinski definition) is 3. The Hall–Kier alpha value is -2.33. The number of aryl methyl sites for hydroxylation is 1. The van der Waals surface area contributed by atoms with Gasteiger partial charge in [-0.3, -0.25) is 4.79 Å². The van der Waals surface area contributed by atoms with Gasteiger partial charge in [-0.2, -0.15) is 0 Å². The number of aromatic hydroxyl groups is 1. The van der Waals surface area contributed by atoms with Crippen LogP contribution in [0.15, 0.2) is 48.5 Å². The van der Waals surface area contributed by atoms with Gasteiger partial charge in [0.05, 0.1) is 6.04 Å². The minimum Gasteiger partial charge on any atom is -0.508 e. The molecule has 0 fully saturated rings. The third kappa shape index (κ3) is 3.83. The number of benzene rings is 2. The summed E-state index contributed by atoms with van der Waals surface area (Å²) in [6.45, 7) is 1.99. The number of phenols is 1. The molecule has 104 valence electrons. The SMILES string of the molecule is Cc1ccc(NC(=O)C(N)Cc2ccc(O)cc2)cc1. The summed E-state index contributed by atoms with van der Waals surface area (Å²) in [4.78, 5) is 12.0. The maximum Gasteiger partial charge on any atom is 0.241 e. The molecule has 2 aromatic rings. The molecule has 1 amide bonds. The molecule has 0 bridgehead atoms. The molecular weight excluding hydrogens is 252 g/mol. The van der Waals surface area contributed by atoms with Gasteiger partial charge in [0.15, 0.2) is 0 Å². The van der Waals surface area contributed by atoms with Gasteiger partial charge in [-0.15, -0.1) is 0 Å². The van der Waals surface area contributed by atoms with E-state index in [1.807, 2.05) is 31.2 Å². The molecule has 4 heteroatoms. The molecule has 0 radical (unpaired) electrons. The van der Waals surface area contributed by atoms with Crippen LogP contribution in [0.2, 0.25) is 0 Å². The molecule has 0 aromatic heterocycles. The maximum atomic E-state index is 12.0. The molecule has 0 aliphatic heterocycles. The van der Waals surface area contributed by atoms with Crippen LogP contribution in [0.3, 0.4) is 0 Å². The molecule has 1 unspecified atom stereocenters. The molecule has 0 saturated heterocycles. The summed E-state index contributed by atoms with van der Waals surface area (Å²) >= 11 is 0. The second-order valence-corrected chi connectivity index (χ2v) is 4.83. The van der Waals surface area contributed by atoms with Crippen molar-refractivity contribution >= 4 is 11.6 Å². The van der Waals surface area contributed by atoms with Crippen LogP contribution < -0.4 is 11.1 Å². The van der Waals surface area contributed by atoms with Gasteiger partial charge in [-0.25, -0.2) is 0 Å². The van der Waals surface area contributed by atoms with Crippen LogP contribution in [0.25, 0.3) is 0 Å². The average molecular weight is 270 g/mol. The van der Waals surface area contributed by atoms with Crippen LogP contribution in [-0.2, 0) is 11.2 Å². The van der Waals surface area contributed by atoms with Crippen molar-refractivity contribution in [1.82, 2.24) is 0 Å². The van der Waals surface area contributed by atoms with Gasteiger partial charge in [-0.1, -0.05) is 29.8 Å². The number of hydrogen-bond donors (Lipinski definition) is 3. The third-order valence-electron chi connectivity index (χ3n) is 3.05. The Morgan fingerprint density at radius 2 is 1.75 bits per heavy atom. The van der Waals surface area contributed by atoms with Gasteiger partial charge in [-0.05, 0) is 43.2 Å². The Kier molecular flexibility index (Phi) is 4.38. The number of nitrogens with two attached hydrogens (primary N) is 1. The highest BCUT2D eigenvalue weighted by molar-refractivity contribution is 5.94. The summed E-state index contributed by atoms with van der Waals surface area (Å²) in [5.41, 5.74) is 8.68. The monoisotopic (exact) mass is 270 g/mol. The zero-order valence-electron chi connectivity index (χ0n) is 11.3. The van der Waals surface area contributed by atoms with E-state index in [9.17, 15) is 9.90 Å². The van der Waals surface area contributed by atoms with E-state index >= 15 is 0 Å². The standard InChI is InChI=1S/C16H18N2O2/c1-11-2-6-13(7-3-11)18-16(20)15(17)10-12-4-8-14(19)9-5-12/h2-9,15,19H,10,17H2,1H3,(H,18,20). The van der Waals surface area contributed by atoms with Gasteiger partial charge < -0.3 is 16.2 Å². The van der Waals surface area contributed by atoms with Gasteiger partial charge in [0.2, 0.25) is 5.91 Å². The smallest absolute Gasteiger partial charge is 0.241 e. The Bertz CT molecular complexity index is 576. The van der Waals surface area contributed by atoms with Gasteiger partial charge >= 0.3 is 0 Å². The summed E-state index contributed by atoms with van der Waals surface area (Å²) in [7, 11) is 0. The van der Waals surface area contributed by atoms with Gasteiger partial charge in [0.25, 0.3) is 0 Å². The Morgan fingerprint density at radius 1 is 1.15 bits per heavy atom. The molecule has 0 spiro atoms. The van der Waals surface area contributed by atoms with Crippen molar-refractivity contribution in [2.75, 3.05) is 5.32 Å². The molecule has 4 nitrogen and oxygen atoms in total. The van der Waals surface area contributed by atoms with Crippen molar-refractivity contribution in [3.8, 4) is 5.75 Å². The second-order valence-electron chi connectivity index (χ2n) is 4.83. The third-order valence-corrected chi connectivity index (χ3v) is 3.05. The maximum absolute atomic E-state index is 12.0. The molecule has 4 N–H and O–H groups in total. The first kappa shape index (κ1) is 14.1. The number of rotatable bonds is 4. The summed E-state index contributed by atoms with van der Waals surface area (Å²) < 4.78 is 0. The number of anilines is 1. The zero-order valence-corrected chi connectivity index (χ0v) is 11.3. The fourth-order valence-corrected chi connectivity index (χ4v) is 1.85. The molecule has 0 aliphatic carbocycles. The Morgan fingerprint density at radius 3 is 2.35 bits per heavy atom. The quantitative estimate of drug-likeness (QED) is 0.797. The van der Waals surface area contributed by atoms with Gasteiger partial charge in [0.1, 0.15) is 5.75 Å². The van der Waals surface area contributed by atoms with Crippen molar-refractivity contribution in [3.63, 3.8) is 0 Å². The Balaban J connectivity index is 1.94. The van der Waals surface area contributed by atoms with E-state index in [1.54, 1.807) is 24.3 Å². The van der Waals surface area contributed by atoms with Crippen molar-refractivity contribution in [3.05, 3.63) is 59.7 Å². The fourth-order valence-electron chi connectivity index (χ4n) is 1.85. The van der Waals surface area contributed by atoms with Crippen LogP contribution in [0, 0.1) is 6.92 Å². The summed E-state index contributed by atoms with van der Waals surface area (Å²) in [5, 5.41) is 12.0. The zero-order chi connectivity index (χ0) is 14.5. The molecule has 1 atom stereocenters. The largest absolute Gasteiger partial charge is 0.508 e. The first-order chi connectivity index (χ1) is 9.54. The molecule has 2 rings (SSSR count). The van der Waals surface area contributed by atoms with E-state index < -0.39 is 6.04 Å². The molecule has 20 heavy (non-hydrogen) atoms. The highest BCUT2D eigenvalue weighted by Gasteiger charge is 2.14. The Labute approximate surface area is 118 Å². The minimum absolute atomic E-state index is 0.200. The lowest BCUT2D eigenvalue weighted by molar-refractivity contribution is -0.117. The van der Waals surface area contributed by atoms with Crippen molar-refractivity contribution < 1.29 is 9.90 Å². The molecule has 2 aromatic carbocycles. The van der Waals surface area contributed by atoms with Crippen molar-refractivity contribution in [1.29, 1.82) is 0 Å². The lowest BCUT2D eigenvalue weighted by Gasteiger charge is -2.12. The van der Waals surface area contributed by atoms with E-state index in [0.29, 0.717) is 6.42 Å². The second kappa shape index (κ2) is 6.21. The normalized spacial score (nSPS) is 11.9. The van der Waals surface area contributed by atoms with Crippen molar-refractivity contribution in [2.24, 2.45) is 5.73 Å². The summed E-state index contributed by atoms with van der Waals surface area (Å²) in [6.07, 6.45) is 0.429. The van der Waals surface area contributed by atoms with Crippen LogP contribution in [0.4, 0.5) is 5.69 Å². The predicted octanol–water partition coefficient (Wildman–Crippen LogP) is 2.21. The lowest BCUT2D eigenvalue weighted by Crippen LogP contribution is -2.37. The first-order valence-corrected chi connectivity index (χ1v) is 6.45. The van der Waals surface area contributed by atoms with Crippen LogP contribution >= 0.6 is 0 Å². The highest BCUT2D eigenvalue weighted by atomic mass is 16.3. The van der Waals surface area contributed by atoms with E-state index in [-0.39, 0.29) is 11.7 Å². The molecule has 0 heterocycles. The number of amides is 1. The molecular formula is C16H18N2O2. The van der Waals surface area contributed by atoms with E-state index in [1.165, 1.54) is 0 Å². The minimum atomic E-state index is -0.624. The lowest BCUT2D eigenvalue weighted by atomic mass is 10.1. The topological polar surface area (TPSA) is 75.4 Å². The van der Waals surface area contributed by atoms with Crippen LogP contribution in [0.5, 0.6) is 5.75 Å². The number of nitrogens with one attached hydrogen (secondary N) is 1. The predicted molar refractivity (Wildman–Crippen MR) is 79.6 cm³/mol. The van der Waals surface area contributed by atoms with E-state index in [2.05, 4.69) is 5.32 Å². The average Bonchev–Trinajstić information content (AvgIpc) is 2.44. The number of carbonyl (C=O) groups excluding carboxylic acids is 1. The van der Waals surface area contributed by atoms with Crippen LogP contribution in [0.1, 0.15) is 11.1 Å². The highest BCUT2D eigenvalue weighted by Crippen LogP contribution is 2.12. The van der Waals surface area contributed by atoms with Gasteiger partial charge in [0, 0.05) is 5.69 Å². The van der Waals surface area contributed by atoms with Crippen LogP contribution in [-0.4, -0.2) is 17.1 Å². The first-order valence-electron chi connectivity index (χ1n) is 6.45. The molecule has 0 aliphatic rings. The summed E-state index contributed by atoms with van der Waals surface area (Å²) in [5.74, 6) is -0.0200.